The first-order valence-electron chi connectivity index (χ1n) is 11.1. The van der Waals surface area contributed by atoms with Gasteiger partial charge in [-0.1, -0.05) is 47.7 Å². The van der Waals surface area contributed by atoms with Crippen LogP contribution in [0.3, 0.4) is 0 Å². The number of fused-ring (bicyclic) bond motifs is 1. The summed E-state index contributed by atoms with van der Waals surface area (Å²) < 4.78 is 17.6. The molecule has 170 valence electrons. The molecular weight excluding hydrogens is 449 g/mol. The van der Waals surface area contributed by atoms with E-state index in [0.717, 1.165) is 38.9 Å². The highest BCUT2D eigenvalue weighted by Gasteiger charge is 2.41. The lowest BCUT2D eigenvalue weighted by atomic mass is 9.93. The van der Waals surface area contributed by atoms with E-state index >= 15 is 0 Å². The molecule has 0 radical (unpaired) electrons. The molecule has 0 bridgehead atoms. The van der Waals surface area contributed by atoms with Crippen LogP contribution in [0.15, 0.2) is 67.1 Å². The van der Waals surface area contributed by atoms with E-state index in [1.165, 1.54) is 23.1 Å². The van der Waals surface area contributed by atoms with Crippen molar-refractivity contribution in [3.8, 4) is 21.7 Å². The van der Waals surface area contributed by atoms with E-state index < -0.39 is 5.82 Å². The first kappa shape index (κ1) is 20.9. The van der Waals surface area contributed by atoms with Crippen molar-refractivity contribution in [2.75, 3.05) is 11.9 Å². The maximum absolute atomic E-state index is 14.8. The van der Waals surface area contributed by atoms with Crippen molar-refractivity contribution in [1.29, 1.82) is 0 Å². The van der Waals surface area contributed by atoms with Gasteiger partial charge in [0.15, 0.2) is 5.82 Å². The topological polar surface area (TPSA) is 94.5 Å². The van der Waals surface area contributed by atoms with Gasteiger partial charge in [-0.05, 0) is 41.0 Å². The zero-order valence-corrected chi connectivity index (χ0v) is 19.1. The number of benzene rings is 2. The highest BCUT2D eigenvalue weighted by Crippen LogP contribution is 2.48. The van der Waals surface area contributed by atoms with Gasteiger partial charge in [-0.2, -0.15) is 0 Å². The lowest BCUT2D eigenvalue weighted by Crippen LogP contribution is -2.19. The summed E-state index contributed by atoms with van der Waals surface area (Å²) in [4.78, 5) is 9.33. The first-order valence-corrected chi connectivity index (χ1v) is 11.9. The van der Waals surface area contributed by atoms with Crippen LogP contribution in [0.4, 0.5) is 10.3 Å². The third-order valence-corrected chi connectivity index (χ3v) is 7.35. The second kappa shape index (κ2) is 8.27. The van der Waals surface area contributed by atoms with Gasteiger partial charge in [-0.15, -0.1) is 16.4 Å². The number of hydrogen-bond acceptors (Lipinski definition) is 7. The van der Waals surface area contributed by atoms with E-state index in [1.54, 1.807) is 17.1 Å². The average molecular weight is 472 g/mol. The van der Waals surface area contributed by atoms with Gasteiger partial charge in [0.25, 0.3) is 0 Å². The second-order valence-corrected chi connectivity index (χ2v) is 9.57. The number of aromatic nitrogens is 5. The summed E-state index contributed by atoms with van der Waals surface area (Å²) in [6.07, 6.45) is 6.61. The molecule has 9 heteroatoms. The van der Waals surface area contributed by atoms with E-state index in [-0.39, 0.29) is 11.2 Å². The van der Waals surface area contributed by atoms with Crippen LogP contribution in [0, 0.1) is 5.82 Å². The Hall–Kier alpha value is -3.69. The van der Waals surface area contributed by atoms with Crippen LogP contribution >= 0.6 is 11.3 Å². The Labute approximate surface area is 199 Å². The minimum Gasteiger partial charge on any atom is -0.352 e. The molecule has 0 amide bonds. The van der Waals surface area contributed by atoms with Crippen LogP contribution in [0.1, 0.15) is 18.4 Å². The lowest BCUT2D eigenvalue weighted by Gasteiger charge is -2.15. The van der Waals surface area contributed by atoms with E-state index in [0.29, 0.717) is 19.0 Å². The van der Waals surface area contributed by atoms with Crippen LogP contribution in [0.2, 0.25) is 0 Å². The minimum atomic E-state index is -0.450. The molecule has 3 N–H and O–H groups in total. The monoisotopic (exact) mass is 471 g/mol. The number of anilines is 1. The van der Waals surface area contributed by atoms with Crippen LogP contribution in [-0.2, 0) is 12.1 Å². The summed E-state index contributed by atoms with van der Waals surface area (Å²) in [5.74, 6) is -0.0763. The molecule has 1 fully saturated rings. The van der Waals surface area contributed by atoms with Crippen molar-refractivity contribution in [2.45, 2.75) is 24.9 Å². The summed E-state index contributed by atoms with van der Waals surface area (Å²) in [6.45, 7) is 1.15. The standard InChI is InChI=1S/C25H22FN7S/c26-20-15-29-24(28-10-12-33-13-11-30-32-33)31-22(20)21-14-16-4-3-6-18(23(16)34-21)17-5-1-2-7-19(17)25(27)8-9-25/h1-7,11,13-15H,8-10,12,27H2,(H,28,29,31). The number of halogens is 1. The number of nitrogens with two attached hydrogens (primary N) is 1. The Kier molecular flexibility index (Phi) is 5.08. The summed E-state index contributed by atoms with van der Waals surface area (Å²) in [5.41, 5.74) is 10.0. The zero-order valence-electron chi connectivity index (χ0n) is 18.3. The van der Waals surface area contributed by atoms with Gasteiger partial charge in [0.1, 0.15) is 5.69 Å². The molecule has 2 aromatic carbocycles. The molecule has 0 aliphatic heterocycles. The van der Waals surface area contributed by atoms with E-state index in [9.17, 15) is 4.39 Å². The fourth-order valence-electron chi connectivity index (χ4n) is 4.21. The van der Waals surface area contributed by atoms with Gasteiger partial charge in [0, 0.05) is 23.0 Å². The lowest BCUT2D eigenvalue weighted by molar-refractivity contribution is 0.604. The van der Waals surface area contributed by atoms with Gasteiger partial charge >= 0.3 is 0 Å². The Morgan fingerprint density at radius 1 is 1.12 bits per heavy atom. The third-order valence-electron chi connectivity index (χ3n) is 6.16. The van der Waals surface area contributed by atoms with E-state index in [2.05, 4.69) is 43.8 Å². The molecule has 6 rings (SSSR count). The van der Waals surface area contributed by atoms with Crippen LogP contribution < -0.4 is 11.1 Å². The fourth-order valence-corrected chi connectivity index (χ4v) is 5.39. The molecule has 34 heavy (non-hydrogen) atoms. The van der Waals surface area contributed by atoms with E-state index in [4.69, 9.17) is 5.73 Å². The predicted octanol–water partition coefficient (Wildman–Crippen LogP) is 4.82. The van der Waals surface area contributed by atoms with Gasteiger partial charge in [-0.3, -0.25) is 4.68 Å². The molecule has 1 aliphatic rings. The number of thiophene rings is 1. The Balaban J connectivity index is 1.35. The minimum absolute atomic E-state index is 0.246. The first-order chi connectivity index (χ1) is 16.6. The highest BCUT2D eigenvalue weighted by atomic mass is 32.1. The molecule has 5 aromatic rings. The van der Waals surface area contributed by atoms with Crippen molar-refractivity contribution in [1.82, 2.24) is 25.0 Å². The summed E-state index contributed by atoms with van der Waals surface area (Å²) in [6, 6.07) is 16.5. The summed E-state index contributed by atoms with van der Waals surface area (Å²) in [5, 5.41) is 11.9. The second-order valence-electron chi connectivity index (χ2n) is 8.52. The molecule has 0 saturated heterocycles. The Morgan fingerprint density at radius 3 is 2.79 bits per heavy atom. The SMILES string of the molecule is NC1(c2ccccc2-c2cccc3cc(-c4nc(NCCn5ccnn5)ncc4F)sc23)CC1. The smallest absolute Gasteiger partial charge is 0.223 e. The predicted molar refractivity (Wildman–Crippen MR) is 132 cm³/mol. The van der Waals surface area contributed by atoms with Crippen molar-refractivity contribution < 1.29 is 4.39 Å². The zero-order chi connectivity index (χ0) is 23.1. The number of nitrogens with zero attached hydrogens (tertiary/aromatic N) is 5. The van der Waals surface area contributed by atoms with Crippen LogP contribution in [-0.4, -0.2) is 31.5 Å². The van der Waals surface area contributed by atoms with Crippen molar-refractivity contribution in [3.63, 3.8) is 0 Å². The molecular formula is C25H22FN7S. The fraction of sp³-hybridized carbons (Fsp3) is 0.200. The van der Waals surface area contributed by atoms with Crippen LogP contribution in [0.5, 0.6) is 0 Å². The largest absolute Gasteiger partial charge is 0.352 e. The van der Waals surface area contributed by atoms with Gasteiger partial charge in [0.2, 0.25) is 5.95 Å². The number of nitrogens with one attached hydrogen (secondary N) is 1. The maximum Gasteiger partial charge on any atom is 0.223 e. The molecule has 7 nitrogen and oxygen atoms in total. The van der Waals surface area contributed by atoms with E-state index in [1.807, 2.05) is 30.3 Å². The maximum atomic E-state index is 14.8. The highest BCUT2D eigenvalue weighted by molar-refractivity contribution is 7.22. The molecule has 0 unspecified atom stereocenters. The molecule has 3 heterocycles. The van der Waals surface area contributed by atoms with Crippen LogP contribution in [0.25, 0.3) is 31.8 Å². The molecule has 0 atom stereocenters. The van der Waals surface area contributed by atoms with Gasteiger partial charge in [-0.25, -0.2) is 14.4 Å². The van der Waals surface area contributed by atoms with Gasteiger partial charge in [0.05, 0.1) is 23.8 Å². The quantitative estimate of drug-likeness (QED) is 0.354. The molecule has 3 aromatic heterocycles. The molecule has 0 spiro atoms. The van der Waals surface area contributed by atoms with Crippen molar-refractivity contribution >= 4 is 27.4 Å². The molecule has 1 saturated carbocycles. The third kappa shape index (κ3) is 3.82. The average Bonchev–Trinajstić information content (AvgIpc) is 3.24. The van der Waals surface area contributed by atoms with Crippen molar-refractivity contribution in [2.24, 2.45) is 5.73 Å². The molecule has 1 aliphatic carbocycles. The summed E-state index contributed by atoms with van der Waals surface area (Å²) in [7, 11) is 0. The van der Waals surface area contributed by atoms with Gasteiger partial charge < -0.3 is 11.1 Å². The van der Waals surface area contributed by atoms with Crippen molar-refractivity contribution in [3.05, 3.63) is 78.5 Å². The number of rotatable bonds is 7. The summed E-state index contributed by atoms with van der Waals surface area (Å²) >= 11 is 1.54. The normalized spacial score (nSPS) is 14.4. The Morgan fingerprint density at radius 2 is 1.97 bits per heavy atom. The number of hydrogen-bond donors (Lipinski definition) is 2. The Bertz CT molecular complexity index is 1470.